The van der Waals surface area contributed by atoms with Gasteiger partial charge in [0.25, 0.3) is 0 Å². The monoisotopic (exact) mass is 399 g/mol. The third-order valence-electron chi connectivity index (χ3n) is 5.53. The van der Waals surface area contributed by atoms with E-state index in [1.807, 2.05) is 62.4 Å². The zero-order valence-electron chi connectivity index (χ0n) is 17.4. The lowest BCUT2D eigenvalue weighted by Crippen LogP contribution is -2.59. The molecule has 2 aliphatic rings. The van der Waals surface area contributed by atoms with Crippen molar-refractivity contribution in [2.45, 2.75) is 51.1 Å². The Balaban J connectivity index is 1.56. The molecule has 1 spiro atoms. The highest BCUT2D eigenvalue weighted by Gasteiger charge is 2.46. The van der Waals surface area contributed by atoms with E-state index >= 15 is 0 Å². The van der Waals surface area contributed by atoms with Gasteiger partial charge < -0.3 is 28.1 Å². The Morgan fingerprint density at radius 3 is 1.38 bits per heavy atom. The van der Waals surface area contributed by atoms with Gasteiger partial charge in [-0.05, 0) is 62.1 Å². The standard InChI is InChI=1S/C22H28BO6/c1-15-13-21(17-5-9-19(24-3)10-6-17)28-23(26-15)27-16(2)14-22(29-23)18-7-11-20(25-4)12-8-18/h5-12,15-16,21-22H,13-14H2,1-4H3/q-1. The molecule has 29 heavy (non-hydrogen) atoms. The van der Waals surface area contributed by atoms with Crippen LogP contribution in [0.15, 0.2) is 48.5 Å². The van der Waals surface area contributed by atoms with E-state index in [2.05, 4.69) is 0 Å². The summed E-state index contributed by atoms with van der Waals surface area (Å²) >= 11 is 0. The first-order chi connectivity index (χ1) is 14.0. The molecule has 2 aliphatic heterocycles. The van der Waals surface area contributed by atoms with Crippen LogP contribution in [0.1, 0.15) is 50.0 Å². The summed E-state index contributed by atoms with van der Waals surface area (Å²) in [6, 6.07) is 15.8. The summed E-state index contributed by atoms with van der Waals surface area (Å²) in [7, 11) is 3.31. The van der Waals surface area contributed by atoms with E-state index in [0.29, 0.717) is 0 Å². The van der Waals surface area contributed by atoms with Gasteiger partial charge in [-0.2, -0.15) is 0 Å². The molecule has 0 aliphatic carbocycles. The first-order valence-electron chi connectivity index (χ1n) is 10.1. The molecule has 7 heteroatoms. The van der Waals surface area contributed by atoms with Gasteiger partial charge in [0.2, 0.25) is 0 Å². The maximum absolute atomic E-state index is 6.34. The summed E-state index contributed by atoms with van der Waals surface area (Å²) in [6.45, 7) is 1.73. The van der Waals surface area contributed by atoms with Crippen LogP contribution in [0.3, 0.4) is 0 Å². The normalized spacial score (nSPS) is 32.1. The van der Waals surface area contributed by atoms with E-state index in [0.717, 1.165) is 35.5 Å². The zero-order chi connectivity index (χ0) is 20.4. The van der Waals surface area contributed by atoms with Crippen molar-refractivity contribution in [2.75, 3.05) is 14.2 Å². The lowest BCUT2D eigenvalue weighted by Gasteiger charge is -2.55. The molecule has 0 radical (unpaired) electrons. The molecule has 4 unspecified atom stereocenters. The Morgan fingerprint density at radius 2 is 1.03 bits per heavy atom. The first kappa shape index (κ1) is 20.2. The fourth-order valence-electron chi connectivity index (χ4n) is 4.06. The third kappa shape index (κ3) is 4.43. The Hall–Kier alpha value is -2.06. The van der Waals surface area contributed by atoms with Crippen LogP contribution in [-0.2, 0) is 18.6 Å². The molecular formula is C22H28BO6-. The number of hydrogen-bond donors (Lipinski definition) is 0. The minimum atomic E-state index is -2.32. The minimum Gasteiger partial charge on any atom is -0.516 e. The fourth-order valence-corrected chi connectivity index (χ4v) is 4.06. The average Bonchev–Trinajstić information content (AvgIpc) is 2.72. The first-order valence-corrected chi connectivity index (χ1v) is 10.1. The predicted molar refractivity (Wildman–Crippen MR) is 110 cm³/mol. The van der Waals surface area contributed by atoms with Crippen molar-refractivity contribution < 1.29 is 28.1 Å². The van der Waals surface area contributed by atoms with Gasteiger partial charge in [0.15, 0.2) is 0 Å². The van der Waals surface area contributed by atoms with Crippen LogP contribution in [0, 0.1) is 0 Å². The van der Waals surface area contributed by atoms with E-state index in [-0.39, 0.29) is 24.4 Å². The molecule has 0 aromatic heterocycles. The molecule has 0 amide bonds. The van der Waals surface area contributed by atoms with Gasteiger partial charge in [-0.15, -0.1) is 0 Å². The minimum absolute atomic E-state index is 0.0577. The van der Waals surface area contributed by atoms with Crippen LogP contribution < -0.4 is 9.47 Å². The van der Waals surface area contributed by atoms with Crippen molar-refractivity contribution in [3.8, 4) is 11.5 Å². The summed E-state index contributed by atoms with van der Waals surface area (Å²) in [5, 5.41) is 0. The molecule has 4 rings (SSSR count). The fraction of sp³-hybridized carbons (Fsp3) is 0.455. The number of hydrogen-bond acceptors (Lipinski definition) is 6. The van der Waals surface area contributed by atoms with Crippen molar-refractivity contribution in [1.82, 2.24) is 0 Å². The molecule has 0 bridgehead atoms. The number of ether oxygens (including phenoxy) is 2. The van der Waals surface area contributed by atoms with Crippen molar-refractivity contribution in [1.29, 1.82) is 0 Å². The Kier molecular flexibility index (Phi) is 5.83. The van der Waals surface area contributed by atoms with E-state index in [1.165, 1.54) is 0 Å². The number of benzene rings is 2. The van der Waals surface area contributed by atoms with E-state index in [1.54, 1.807) is 14.2 Å². The lowest BCUT2D eigenvalue weighted by molar-refractivity contribution is -0.165. The Morgan fingerprint density at radius 1 is 0.655 bits per heavy atom. The van der Waals surface area contributed by atoms with Crippen LogP contribution in [0.2, 0.25) is 0 Å². The predicted octanol–water partition coefficient (Wildman–Crippen LogP) is 4.57. The molecule has 0 N–H and O–H groups in total. The SMILES string of the molecule is COc1ccc(C2CC(C)O[B-]3(OC(C)CC(c4ccc(OC)cc4)O3)O2)cc1. The molecule has 4 atom stereocenters. The van der Waals surface area contributed by atoms with Gasteiger partial charge in [-0.1, -0.05) is 24.3 Å². The highest BCUT2D eigenvalue weighted by Crippen LogP contribution is 2.42. The van der Waals surface area contributed by atoms with E-state index < -0.39 is 6.96 Å². The van der Waals surface area contributed by atoms with Gasteiger partial charge in [0.1, 0.15) is 11.5 Å². The Bertz CT molecular complexity index is 740. The number of methoxy groups -OCH3 is 2. The quantitative estimate of drug-likeness (QED) is 0.702. The van der Waals surface area contributed by atoms with Gasteiger partial charge in [0.05, 0.1) is 14.2 Å². The molecule has 2 aromatic carbocycles. The topological polar surface area (TPSA) is 55.4 Å². The second-order valence-electron chi connectivity index (χ2n) is 7.74. The van der Waals surface area contributed by atoms with Crippen LogP contribution >= 0.6 is 0 Å². The van der Waals surface area contributed by atoms with Gasteiger partial charge in [-0.3, -0.25) is 0 Å². The highest BCUT2D eigenvalue weighted by atomic mass is 16.9. The smallest absolute Gasteiger partial charge is 0.516 e. The van der Waals surface area contributed by atoms with Crippen LogP contribution in [-0.4, -0.2) is 33.4 Å². The second-order valence-corrected chi connectivity index (χ2v) is 7.74. The van der Waals surface area contributed by atoms with E-state index in [9.17, 15) is 0 Å². The molecule has 2 aromatic rings. The van der Waals surface area contributed by atoms with Crippen LogP contribution in [0.4, 0.5) is 0 Å². The van der Waals surface area contributed by atoms with Crippen molar-refractivity contribution >= 4 is 6.96 Å². The maximum Gasteiger partial charge on any atom is 0.532 e. The lowest BCUT2D eigenvalue weighted by atomic mass is 9.89. The maximum atomic E-state index is 6.34. The summed E-state index contributed by atoms with van der Waals surface area (Å²) in [5.74, 6) is 1.62. The van der Waals surface area contributed by atoms with Crippen molar-refractivity contribution in [2.24, 2.45) is 0 Å². The average molecular weight is 399 g/mol. The zero-order valence-corrected chi connectivity index (χ0v) is 17.4. The van der Waals surface area contributed by atoms with Crippen molar-refractivity contribution in [3.05, 3.63) is 59.7 Å². The van der Waals surface area contributed by atoms with Crippen molar-refractivity contribution in [3.63, 3.8) is 0 Å². The summed E-state index contributed by atoms with van der Waals surface area (Å²) in [4.78, 5) is 0. The highest BCUT2D eigenvalue weighted by molar-refractivity contribution is 6.54. The molecule has 2 heterocycles. The summed E-state index contributed by atoms with van der Waals surface area (Å²) in [6.07, 6.45) is 0.988. The van der Waals surface area contributed by atoms with Crippen LogP contribution in [0.25, 0.3) is 0 Å². The van der Waals surface area contributed by atoms with Crippen LogP contribution in [0.5, 0.6) is 11.5 Å². The molecule has 156 valence electrons. The molecule has 6 nitrogen and oxygen atoms in total. The van der Waals surface area contributed by atoms with Gasteiger partial charge in [-0.25, -0.2) is 0 Å². The van der Waals surface area contributed by atoms with Gasteiger partial charge >= 0.3 is 6.96 Å². The van der Waals surface area contributed by atoms with E-state index in [4.69, 9.17) is 28.1 Å². The van der Waals surface area contributed by atoms with Gasteiger partial charge in [0, 0.05) is 24.4 Å². The molecule has 2 saturated heterocycles. The Labute approximate surface area is 172 Å². The third-order valence-corrected chi connectivity index (χ3v) is 5.53. The molecule has 0 saturated carbocycles. The summed E-state index contributed by atoms with van der Waals surface area (Å²) < 4.78 is 35.5. The molecular weight excluding hydrogens is 371 g/mol. The summed E-state index contributed by atoms with van der Waals surface area (Å²) in [5.41, 5.74) is 2.10. The number of rotatable bonds is 4. The largest absolute Gasteiger partial charge is 0.532 e. The molecule has 2 fully saturated rings. The second kappa shape index (κ2) is 8.36.